The van der Waals surface area contributed by atoms with Crippen LogP contribution in [0.1, 0.15) is 49.4 Å². The van der Waals surface area contributed by atoms with Crippen LogP contribution >= 0.6 is 11.6 Å². The van der Waals surface area contributed by atoms with Gasteiger partial charge in [0.05, 0.1) is 18.7 Å². The summed E-state index contributed by atoms with van der Waals surface area (Å²) in [7, 11) is 1.22. The number of hydrogen-bond donors (Lipinski definition) is 3. The maximum atomic E-state index is 13.5. The number of H-pyrrole nitrogens is 1. The van der Waals surface area contributed by atoms with E-state index in [1.807, 2.05) is 20.8 Å². The highest BCUT2D eigenvalue weighted by molar-refractivity contribution is 6.31. The van der Waals surface area contributed by atoms with E-state index in [9.17, 15) is 32.7 Å². The number of carboxylic acid groups (broad SMARTS) is 1. The second kappa shape index (κ2) is 12.5. The van der Waals surface area contributed by atoms with E-state index in [0.29, 0.717) is 35.6 Å². The Labute approximate surface area is 250 Å². The minimum absolute atomic E-state index is 0.0389. The number of amides is 2. The summed E-state index contributed by atoms with van der Waals surface area (Å²) < 4.78 is 47.9. The molecule has 1 aliphatic heterocycles. The van der Waals surface area contributed by atoms with Gasteiger partial charge in [-0.15, -0.1) is 13.2 Å². The van der Waals surface area contributed by atoms with Gasteiger partial charge >= 0.3 is 18.4 Å². The Morgan fingerprint density at radius 2 is 1.79 bits per heavy atom. The number of aromatic amines is 1. The number of hydrogen-bond acceptors (Lipinski definition) is 6. The number of benzene rings is 2. The standard InChI is InChI=1S/C29H30ClF3N4O6/c1-14(2)22(35-28(41)42-4)26(38)37-13-15(3)11-20(37)25-34-23(24(30)36-25)17-7-5-16(6-8-17)19-10-9-18(27(39)40)12-21(19)43-29(31,32)33/h5-10,12,14-15,20,22H,11,13H2,1-4H3,(H,34,36)(H,35,41)(H,39,40)/t15-,20-,22?/m0/s1. The van der Waals surface area contributed by atoms with E-state index < -0.39 is 36.3 Å². The van der Waals surface area contributed by atoms with Crippen LogP contribution in [0, 0.1) is 11.8 Å². The van der Waals surface area contributed by atoms with E-state index in [2.05, 4.69) is 24.8 Å². The monoisotopic (exact) mass is 622 g/mol. The molecule has 3 N–H and O–H groups in total. The van der Waals surface area contributed by atoms with Crippen LogP contribution in [-0.2, 0) is 9.53 Å². The highest BCUT2D eigenvalue weighted by Crippen LogP contribution is 2.39. The Hall–Kier alpha value is -4.26. The second-order valence-electron chi connectivity index (χ2n) is 10.6. The molecule has 0 bridgehead atoms. The smallest absolute Gasteiger partial charge is 0.478 e. The minimum atomic E-state index is -5.03. The van der Waals surface area contributed by atoms with Crippen LogP contribution in [-0.4, -0.2) is 64.0 Å². The number of ether oxygens (including phenoxy) is 2. The molecule has 1 saturated heterocycles. The van der Waals surface area contributed by atoms with Crippen LogP contribution in [0.2, 0.25) is 5.15 Å². The fourth-order valence-electron chi connectivity index (χ4n) is 5.06. The van der Waals surface area contributed by atoms with Crippen LogP contribution in [0.15, 0.2) is 42.5 Å². The fourth-order valence-corrected chi connectivity index (χ4v) is 5.30. The van der Waals surface area contributed by atoms with E-state index in [-0.39, 0.29) is 34.0 Å². The van der Waals surface area contributed by atoms with Crippen molar-refractivity contribution in [2.45, 2.75) is 45.6 Å². The average Bonchev–Trinajstić information content (AvgIpc) is 3.52. The zero-order chi connectivity index (χ0) is 31.6. The number of carbonyl (C=O) groups excluding carboxylic acids is 2. The molecular formula is C29H30ClF3N4O6. The number of likely N-dealkylation sites (tertiary alicyclic amines) is 1. The molecule has 0 radical (unpaired) electrons. The molecule has 1 unspecified atom stereocenters. The zero-order valence-electron chi connectivity index (χ0n) is 23.7. The number of alkyl carbamates (subject to hydrolysis) is 1. The number of methoxy groups -OCH3 is 1. The molecule has 230 valence electrons. The third-order valence-electron chi connectivity index (χ3n) is 7.10. The lowest BCUT2D eigenvalue weighted by Crippen LogP contribution is -2.51. The normalized spacial score (nSPS) is 17.6. The number of aromatic carboxylic acids is 1. The number of nitrogens with one attached hydrogen (secondary N) is 2. The number of carbonyl (C=O) groups is 3. The van der Waals surface area contributed by atoms with Crippen LogP contribution in [0.4, 0.5) is 18.0 Å². The number of rotatable bonds is 8. The summed E-state index contributed by atoms with van der Waals surface area (Å²) in [5.41, 5.74) is 0.942. The van der Waals surface area contributed by atoms with Crippen molar-refractivity contribution in [3.63, 3.8) is 0 Å². The molecule has 0 saturated carbocycles. The van der Waals surface area contributed by atoms with Gasteiger partial charge in [0, 0.05) is 17.7 Å². The maximum absolute atomic E-state index is 13.5. The number of imidazole rings is 1. The van der Waals surface area contributed by atoms with Crippen molar-refractivity contribution in [3.8, 4) is 28.1 Å². The molecule has 1 aliphatic rings. The number of nitrogens with zero attached hydrogens (tertiary/aromatic N) is 2. The first-order valence-corrected chi connectivity index (χ1v) is 13.7. The number of alkyl halides is 3. The topological polar surface area (TPSA) is 134 Å². The minimum Gasteiger partial charge on any atom is -0.478 e. The number of aromatic nitrogens is 2. The molecule has 2 heterocycles. The fraction of sp³-hybridized carbons (Fsp3) is 0.379. The van der Waals surface area contributed by atoms with Crippen LogP contribution in [0.25, 0.3) is 22.4 Å². The van der Waals surface area contributed by atoms with Gasteiger partial charge in [0.25, 0.3) is 0 Å². The number of carboxylic acids is 1. The van der Waals surface area contributed by atoms with Crippen molar-refractivity contribution in [2.24, 2.45) is 11.8 Å². The van der Waals surface area contributed by atoms with Gasteiger partial charge in [0.15, 0.2) is 0 Å². The molecule has 2 amide bonds. The zero-order valence-corrected chi connectivity index (χ0v) is 24.4. The molecule has 3 atom stereocenters. The molecule has 1 fully saturated rings. The van der Waals surface area contributed by atoms with Crippen LogP contribution in [0.3, 0.4) is 0 Å². The SMILES string of the molecule is COC(=O)NC(C(=O)N1C[C@@H](C)C[C@H]1c1nc(-c2ccc(-c3ccc(C(=O)O)cc3OC(F)(F)F)cc2)c(Cl)[nH]1)C(C)C. The molecule has 0 aliphatic carbocycles. The third kappa shape index (κ3) is 7.22. The first-order chi connectivity index (χ1) is 20.2. The van der Waals surface area contributed by atoms with Gasteiger partial charge in [-0.05, 0) is 42.0 Å². The molecule has 10 nitrogen and oxygen atoms in total. The molecular weight excluding hydrogens is 593 g/mol. The van der Waals surface area contributed by atoms with Gasteiger partial charge in [0.1, 0.15) is 28.5 Å². The van der Waals surface area contributed by atoms with E-state index in [1.165, 1.54) is 31.4 Å². The van der Waals surface area contributed by atoms with Crippen LogP contribution in [0.5, 0.6) is 5.75 Å². The summed E-state index contributed by atoms with van der Waals surface area (Å²) >= 11 is 6.53. The summed E-state index contributed by atoms with van der Waals surface area (Å²) in [6.07, 6.45) is -5.13. The third-order valence-corrected chi connectivity index (χ3v) is 7.38. The van der Waals surface area contributed by atoms with E-state index in [1.54, 1.807) is 17.0 Å². The lowest BCUT2D eigenvalue weighted by Gasteiger charge is -2.30. The van der Waals surface area contributed by atoms with Crippen molar-refractivity contribution in [2.75, 3.05) is 13.7 Å². The Kier molecular flexibility index (Phi) is 9.24. The largest absolute Gasteiger partial charge is 0.573 e. The van der Waals surface area contributed by atoms with Crippen molar-refractivity contribution in [3.05, 3.63) is 59.0 Å². The highest BCUT2D eigenvalue weighted by Gasteiger charge is 2.40. The van der Waals surface area contributed by atoms with Gasteiger partial charge in [-0.1, -0.05) is 56.6 Å². The molecule has 1 aromatic heterocycles. The quantitative estimate of drug-likeness (QED) is 0.269. The van der Waals surface area contributed by atoms with Gasteiger partial charge in [-0.25, -0.2) is 14.6 Å². The Balaban J connectivity index is 1.62. The predicted molar refractivity (Wildman–Crippen MR) is 151 cm³/mol. The predicted octanol–water partition coefficient (Wildman–Crippen LogP) is 6.28. The van der Waals surface area contributed by atoms with E-state index in [0.717, 1.165) is 6.07 Å². The summed E-state index contributed by atoms with van der Waals surface area (Å²) in [5, 5.41) is 12.0. The maximum Gasteiger partial charge on any atom is 0.573 e. The van der Waals surface area contributed by atoms with Crippen molar-refractivity contribution >= 4 is 29.6 Å². The Morgan fingerprint density at radius 1 is 1.14 bits per heavy atom. The summed E-state index contributed by atoms with van der Waals surface area (Å²) in [4.78, 5) is 46.1. The summed E-state index contributed by atoms with van der Waals surface area (Å²) in [5.74, 6) is -1.94. The first-order valence-electron chi connectivity index (χ1n) is 13.3. The van der Waals surface area contributed by atoms with Gasteiger partial charge in [-0.3, -0.25) is 4.79 Å². The molecule has 14 heteroatoms. The van der Waals surface area contributed by atoms with Gasteiger partial charge in [-0.2, -0.15) is 0 Å². The van der Waals surface area contributed by atoms with Gasteiger partial charge in [0.2, 0.25) is 5.91 Å². The van der Waals surface area contributed by atoms with Crippen LogP contribution < -0.4 is 10.1 Å². The van der Waals surface area contributed by atoms with Crippen molar-refractivity contribution in [1.82, 2.24) is 20.2 Å². The highest BCUT2D eigenvalue weighted by atomic mass is 35.5. The lowest BCUT2D eigenvalue weighted by atomic mass is 10.0. The Bertz CT molecular complexity index is 1510. The molecule has 2 aromatic carbocycles. The first kappa shape index (κ1) is 31.7. The summed E-state index contributed by atoms with van der Waals surface area (Å²) in [6, 6.07) is 8.29. The lowest BCUT2D eigenvalue weighted by molar-refractivity contribution is -0.274. The van der Waals surface area contributed by atoms with Crippen molar-refractivity contribution < 1.29 is 42.1 Å². The second-order valence-corrected chi connectivity index (χ2v) is 11.0. The average molecular weight is 623 g/mol. The molecule has 4 rings (SSSR count). The van der Waals surface area contributed by atoms with E-state index >= 15 is 0 Å². The van der Waals surface area contributed by atoms with E-state index in [4.69, 9.17) is 11.6 Å². The molecule has 0 spiro atoms. The van der Waals surface area contributed by atoms with Gasteiger partial charge < -0.3 is 29.8 Å². The molecule has 3 aromatic rings. The number of halogens is 4. The Morgan fingerprint density at radius 3 is 2.37 bits per heavy atom. The summed E-state index contributed by atoms with van der Waals surface area (Å²) in [6.45, 7) is 6.08. The van der Waals surface area contributed by atoms with Crippen molar-refractivity contribution in [1.29, 1.82) is 0 Å². The molecule has 43 heavy (non-hydrogen) atoms.